The summed E-state index contributed by atoms with van der Waals surface area (Å²) in [5.74, 6) is 0. The van der Waals surface area contributed by atoms with Crippen LogP contribution >= 0.6 is 0 Å². The molecule has 0 saturated carbocycles. The molecule has 0 unspecified atom stereocenters. The summed E-state index contributed by atoms with van der Waals surface area (Å²) >= 11 is 0. The first-order valence-electron chi connectivity index (χ1n) is 0. The van der Waals surface area contributed by atoms with Crippen molar-refractivity contribution in [1.29, 1.82) is 0 Å². The molecule has 0 saturated heterocycles. The molecule has 0 rings (SSSR count). The van der Waals surface area contributed by atoms with Crippen LogP contribution < -0.4 is 0 Å². The third-order valence-corrected chi connectivity index (χ3v) is 0. The fourth-order valence-corrected chi connectivity index (χ4v) is 0. The van der Waals surface area contributed by atoms with Crippen LogP contribution in [-0.4, -0.2) is 17.4 Å². The van der Waals surface area contributed by atoms with Gasteiger partial charge in [-0.05, 0) is 0 Å². The maximum absolute atomic E-state index is 0. The van der Waals surface area contributed by atoms with Crippen molar-refractivity contribution < 1.29 is 72.7 Å². The molecule has 0 amide bonds. The van der Waals surface area contributed by atoms with Crippen LogP contribution in [0.2, 0.25) is 0 Å². The first-order valence-corrected chi connectivity index (χ1v) is 0. The maximum Gasteiger partial charge on any atom is 0.187 e. The van der Waals surface area contributed by atoms with Gasteiger partial charge in [0, 0.05) is 72.7 Å². The van der Waals surface area contributed by atoms with Gasteiger partial charge in [-0.3, -0.25) is 0 Å². The van der Waals surface area contributed by atoms with Crippen LogP contribution in [0.25, 0.3) is 0 Å². The topological polar surface area (TPSA) is 0 Å². The van der Waals surface area contributed by atoms with Gasteiger partial charge >= 0.3 is 0 Å². The predicted molar refractivity (Wildman–Crippen MR) is 9.94 cm³/mol. The van der Waals surface area contributed by atoms with Crippen molar-refractivity contribution >= 4 is 17.4 Å². The zero-order valence-electron chi connectivity index (χ0n) is 1.47. The summed E-state index contributed by atoms with van der Waals surface area (Å²) in [5.41, 5.74) is 0. The Hall–Kier alpha value is 2.79. The van der Waals surface area contributed by atoms with Crippen molar-refractivity contribution in [2.24, 2.45) is 0 Å². The molecule has 0 nitrogen and oxygen atoms in total. The minimum absolute atomic E-state index is 0. The van der Waals surface area contributed by atoms with Gasteiger partial charge in [0.25, 0.3) is 0 Å². The van der Waals surface area contributed by atoms with E-state index in [-0.39, 0.29) is 90.1 Å². The molecule has 0 aromatic rings. The third-order valence-electron chi connectivity index (χ3n) is 0. The SMILES string of the molecule is [AlH3].[Co].[Mn].[Nb].[Ni]. The van der Waals surface area contributed by atoms with Crippen molar-refractivity contribution in [1.82, 2.24) is 0 Å². The Kier molecular flexibility index (Phi) is 270. The monoisotopic (exact) mass is 295 g/mol. The van der Waals surface area contributed by atoms with Gasteiger partial charge in [0.2, 0.25) is 0 Å². The molecule has 5 heteroatoms. The molecular formula is H3AlCoMnNbNi. The van der Waals surface area contributed by atoms with E-state index in [2.05, 4.69) is 0 Å². The first-order chi connectivity index (χ1) is 0. The molecule has 3 radical (unpaired) electrons. The van der Waals surface area contributed by atoms with E-state index in [9.17, 15) is 0 Å². The molecule has 0 aromatic heterocycles. The Bertz CT molecular complexity index is 11.6. The summed E-state index contributed by atoms with van der Waals surface area (Å²) in [6.45, 7) is 0. The van der Waals surface area contributed by atoms with E-state index in [1.54, 1.807) is 0 Å². The zero-order chi connectivity index (χ0) is 0. The molecule has 0 spiro atoms. The number of rotatable bonds is 0. The van der Waals surface area contributed by atoms with Gasteiger partial charge < -0.3 is 0 Å². The van der Waals surface area contributed by atoms with Crippen molar-refractivity contribution in [2.45, 2.75) is 0 Å². The molecular weight excluding hydrogens is 292 g/mol. The van der Waals surface area contributed by atoms with E-state index in [0.29, 0.717) is 0 Å². The summed E-state index contributed by atoms with van der Waals surface area (Å²) < 4.78 is 0. The van der Waals surface area contributed by atoms with E-state index in [0.717, 1.165) is 0 Å². The second-order valence-corrected chi connectivity index (χ2v) is 0. The molecule has 0 fully saturated rings. The minimum atomic E-state index is 0. The normalized spacial score (nSPS) is 0. The summed E-state index contributed by atoms with van der Waals surface area (Å²) in [6, 6.07) is 0. The van der Waals surface area contributed by atoms with Gasteiger partial charge in [0.05, 0.1) is 0 Å². The van der Waals surface area contributed by atoms with Crippen LogP contribution in [0.15, 0.2) is 0 Å². The molecule has 0 N–H and O–H groups in total. The van der Waals surface area contributed by atoms with Crippen LogP contribution in [0.1, 0.15) is 0 Å². The molecule has 0 aliphatic carbocycles. The van der Waals surface area contributed by atoms with Crippen LogP contribution in [0.4, 0.5) is 0 Å². The van der Waals surface area contributed by atoms with E-state index in [1.165, 1.54) is 0 Å². The molecule has 0 aliphatic rings. The van der Waals surface area contributed by atoms with E-state index < -0.39 is 0 Å². The average molecular weight is 295 g/mol. The predicted octanol–water partition coefficient (Wildman–Crippen LogP) is -1.19. The fourth-order valence-electron chi connectivity index (χ4n) is 0. The van der Waals surface area contributed by atoms with Gasteiger partial charge in [-0.1, -0.05) is 0 Å². The van der Waals surface area contributed by atoms with Crippen molar-refractivity contribution in [2.75, 3.05) is 0 Å². The average Bonchev–Trinajstić information content (AvgIpc) is 0. The van der Waals surface area contributed by atoms with Crippen molar-refractivity contribution in [3.63, 3.8) is 0 Å². The summed E-state index contributed by atoms with van der Waals surface area (Å²) in [5, 5.41) is 0. The van der Waals surface area contributed by atoms with Gasteiger partial charge in [-0.15, -0.1) is 0 Å². The molecule has 0 atom stereocenters. The number of hydrogen-bond donors (Lipinski definition) is 0. The second-order valence-electron chi connectivity index (χ2n) is 0. The molecule has 0 bridgehead atoms. The summed E-state index contributed by atoms with van der Waals surface area (Å²) in [4.78, 5) is 0. The molecule has 0 heterocycles. The van der Waals surface area contributed by atoms with Crippen LogP contribution in [0.5, 0.6) is 0 Å². The first kappa shape index (κ1) is 46.1. The number of hydrogen-bond acceptors (Lipinski definition) is 0. The van der Waals surface area contributed by atoms with Crippen molar-refractivity contribution in [3.05, 3.63) is 0 Å². The van der Waals surface area contributed by atoms with E-state index >= 15 is 0 Å². The Morgan fingerprint density at radius 3 is 1.00 bits per heavy atom. The minimum Gasteiger partial charge on any atom is 0 e. The Balaban J connectivity index is 0. The molecule has 0 aromatic carbocycles. The summed E-state index contributed by atoms with van der Waals surface area (Å²) in [6.07, 6.45) is 0. The maximum atomic E-state index is 0. The zero-order valence-corrected chi connectivity index (χ0v) is 6.88. The van der Waals surface area contributed by atoms with Crippen molar-refractivity contribution in [3.8, 4) is 0 Å². The van der Waals surface area contributed by atoms with Gasteiger partial charge in [0.15, 0.2) is 17.4 Å². The Morgan fingerprint density at radius 2 is 1.00 bits per heavy atom. The standard InChI is InChI=1S/Al.Co.Mn.Nb.Ni.3H. The smallest absolute Gasteiger partial charge is 0 e. The van der Waals surface area contributed by atoms with Gasteiger partial charge in [-0.25, -0.2) is 0 Å². The summed E-state index contributed by atoms with van der Waals surface area (Å²) in [7, 11) is 0. The Morgan fingerprint density at radius 1 is 1.00 bits per heavy atom. The van der Waals surface area contributed by atoms with Gasteiger partial charge in [0.1, 0.15) is 0 Å². The largest absolute Gasteiger partial charge is 0.187 e. The molecule has 0 aliphatic heterocycles. The van der Waals surface area contributed by atoms with Crippen LogP contribution in [0, 0.1) is 0 Å². The second kappa shape index (κ2) is 29.2. The third kappa shape index (κ3) is 20.0. The van der Waals surface area contributed by atoms with Crippen LogP contribution in [0.3, 0.4) is 0 Å². The van der Waals surface area contributed by atoms with Crippen LogP contribution in [-0.2, 0) is 72.7 Å². The quantitative estimate of drug-likeness (QED) is 0.493. The Labute approximate surface area is 88.8 Å². The molecule has 5 heavy (non-hydrogen) atoms. The van der Waals surface area contributed by atoms with Gasteiger partial charge in [-0.2, -0.15) is 0 Å². The fraction of sp³-hybridized carbons (Fsp3) is 0. The molecule has 37 valence electrons. The van der Waals surface area contributed by atoms with E-state index in [4.69, 9.17) is 0 Å². The van der Waals surface area contributed by atoms with E-state index in [1.807, 2.05) is 0 Å².